The fraction of sp³-hybridized carbons (Fsp3) is 0.667. The highest BCUT2D eigenvalue weighted by Crippen LogP contribution is 2.37. The van der Waals surface area contributed by atoms with Crippen molar-refractivity contribution in [2.45, 2.75) is 51.2 Å². The first-order chi connectivity index (χ1) is 10.2. The van der Waals surface area contributed by atoms with E-state index in [0.29, 0.717) is 12.1 Å². The Kier molecular flexibility index (Phi) is 6.22. The number of benzene rings is 1. The molecule has 118 valence electrons. The fourth-order valence-corrected chi connectivity index (χ4v) is 3.31. The molecule has 2 N–H and O–H groups in total. The van der Waals surface area contributed by atoms with E-state index in [-0.39, 0.29) is 6.04 Å². The molecule has 3 nitrogen and oxygen atoms in total. The number of methoxy groups -OCH3 is 1. The average Bonchev–Trinajstić information content (AvgIpc) is 3.36. The van der Waals surface area contributed by atoms with Crippen LogP contribution in [0.25, 0.3) is 0 Å². The smallest absolute Gasteiger partial charge is 0.0589 e. The van der Waals surface area contributed by atoms with Crippen LogP contribution in [0, 0.1) is 5.92 Å². The van der Waals surface area contributed by atoms with Gasteiger partial charge in [-0.3, -0.25) is 4.90 Å². The van der Waals surface area contributed by atoms with Crippen LogP contribution in [0.5, 0.6) is 0 Å². The molecule has 1 aliphatic carbocycles. The van der Waals surface area contributed by atoms with Gasteiger partial charge in [0.25, 0.3) is 0 Å². The monoisotopic (exact) mass is 290 g/mol. The molecule has 1 saturated carbocycles. The van der Waals surface area contributed by atoms with Gasteiger partial charge in [-0.15, -0.1) is 0 Å². The summed E-state index contributed by atoms with van der Waals surface area (Å²) in [6.07, 6.45) is 3.79. The molecule has 1 aliphatic rings. The topological polar surface area (TPSA) is 38.5 Å². The molecule has 3 unspecified atom stereocenters. The van der Waals surface area contributed by atoms with Crippen LogP contribution in [0.2, 0.25) is 0 Å². The summed E-state index contributed by atoms with van der Waals surface area (Å²) in [7, 11) is 1.78. The van der Waals surface area contributed by atoms with Crippen molar-refractivity contribution in [2.24, 2.45) is 11.7 Å². The van der Waals surface area contributed by atoms with Gasteiger partial charge in [0.05, 0.1) is 6.61 Å². The third-order valence-corrected chi connectivity index (χ3v) is 4.82. The molecule has 2 rings (SSSR count). The molecule has 1 aromatic rings. The molecule has 0 heterocycles. The lowest BCUT2D eigenvalue weighted by Gasteiger charge is -2.39. The molecule has 0 bridgehead atoms. The molecule has 3 heteroatoms. The number of hydrogen-bond acceptors (Lipinski definition) is 3. The molecule has 0 spiro atoms. The highest BCUT2D eigenvalue weighted by Gasteiger charge is 2.36. The van der Waals surface area contributed by atoms with Crippen LogP contribution >= 0.6 is 0 Å². The summed E-state index contributed by atoms with van der Waals surface area (Å²) in [6.45, 7) is 6.34. The molecule has 0 saturated heterocycles. The first-order valence-corrected chi connectivity index (χ1v) is 8.24. The van der Waals surface area contributed by atoms with Gasteiger partial charge in [0, 0.05) is 31.8 Å². The fourth-order valence-electron chi connectivity index (χ4n) is 3.31. The normalized spacial score (nSPS) is 19.5. The minimum atomic E-state index is 0.0641. The number of rotatable bonds is 9. The van der Waals surface area contributed by atoms with Crippen molar-refractivity contribution in [3.05, 3.63) is 35.9 Å². The Hall–Kier alpha value is -0.900. The highest BCUT2D eigenvalue weighted by molar-refractivity contribution is 5.20. The van der Waals surface area contributed by atoms with Crippen molar-refractivity contribution in [3.8, 4) is 0 Å². The van der Waals surface area contributed by atoms with Crippen molar-refractivity contribution in [2.75, 3.05) is 20.3 Å². The molecular formula is C18H30N2O. The summed E-state index contributed by atoms with van der Waals surface area (Å²) in [4.78, 5) is 2.58. The summed E-state index contributed by atoms with van der Waals surface area (Å²) in [5.41, 5.74) is 7.83. The number of hydrogen-bond donors (Lipinski definition) is 1. The number of nitrogens with two attached hydrogens (primary N) is 1. The van der Waals surface area contributed by atoms with E-state index in [1.165, 1.54) is 18.4 Å². The summed E-state index contributed by atoms with van der Waals surface area (Å²) >= 11 is 0. The van der Waals surface area contributed by atoms with Crippen LogP contribution < -0.4 is 5.73 Å². The van der Waals surface area contributed by atoms with E-state index < -0.39 is 0 Å². The van der Waals surface area contributed by atoms with Crippen LogP contribution in [0.15, 0.2) is 30.3 Å². The minimum Gasteiger partial charge on any atom is -0.383 e. The van der Waals surface area contributed by atoms with Crippen molar-refractivity contribution in [1.29, 1.82) is 0 Å². The maximum Gasteiger partial charge on any atom is 0.0589 e. The average molecular weight is 290 g/mol. The van der Waals surface area contributed by atoms with E-state index in [4.69, 9.17) is 10.5 Å². The maximum absolute atomic E-state index is 6.60. The predicted molar refractivity (Wildman–Crippen MR) is 88.2 cm³/mol. The summed E-state index contributed by atoms with van der Waals surface area (Å²) < 4.78 is 5.32. The van der Waals surface area contributed by atoms with Crippen molar-refractivity contribution >= 4 is 0 Å². The Labute approximate surface area is 129 Å². The molecule has 3 atom stereocenters. The van der Waals surface area contributed by atoms with Gasteiger partial charge in [0.2, 0.25) is 0 Å². The third kappa shape index (κ3) is 4.29. The maximum atomic E-state index is 6.60. The minimum absolute atomic E-state index is 0.0641. The molecule has 21 heavy (non-hydrogen) atoms. The zero-order chi connectivity index (χ0) is 15.2. The third-order valence-electron chi connectivity index (χ3n) is 4.82. The van der Waals surface area contributed by atoms with E-state index in [0.717, 1.165) is 25.5 Å². The van der Waals surface area contributed by atoms with Gasteiger partial charge in [0.1, 0.15) is 0 Å². The summed E-state index contributed by atoms with van der Waals surface area (Å²) in [6, 6.07) is 11.5. The van der Waals surface area contributed by atoms with Crippen LogP contribution in [0.4, 0.5) is 0 Å². The zero-order valence-corrected chi connectivity index (χ0v) is 13.7. The van der Waals surface area contributed by atoms with E-state index >= 15 is 0 Å². The van der Waals surface area contributed by atoms with Crippen LogP contribution in [0.1, 0.15) is 44.7 Å². The van der Waals surface area contributed by atoms with Crippen LogP contribution in [0.3, 0.4) is 0 Å². The Bertz CT molecular complexity index is 405. The Morgan fingerprint density at radius 1 is 1.29 bits per heavy atom. The summed E-state index contributed by atoms with van der Waals surface area (Å²) in [5, 5.41) is 0. The van der Waals surface area contributed by atoms with E-state index in [1.54, 1.807) is 7.11 Å². The van der Waals surface area contributed by atoms with Crippen LogP contribution in [-0.2, 0) is 4.74 Å². The Morgan fingerprint density at radius 2 is 1.95 bits per heavy atom. The van der Waals surface area contributed by atoms with Crippen molar-refractivity contribution in [3.63, 3.8) is 0 Å². The Morgan fingerprint density at radius 3 is 2.48 bits per heavy atom. The molecule has 0 aliphatic heterocycles. The first kappa shape index (κ1) is 16.5. The van der Waals surface area contributed by atoms with E-state index in [2.05, 4.69) is 43.0 Å². The molecular weight excluding hydrogens is 260 g/mol. The lowest BCUT2D eigenvalue weighted by Crippen LogP contribution is -2.49. The van der Waals surface area contributed by atoms with Gasteiger partial charge in [-0.1, -0.05) is 37.3 Å². The van der Waals surface area contributed by atoms with Gasteiger partial charge < -0.3 is 10.5 Å². The molecule has 0 radical (unpaired) electrons. The lowest BCUT2D eigenvalue weighted by atomic mass is 9.95. The number of ether oxygens (including phenoxy) is 1. The molecule has 0 aromatic heterocycles. The zero-order valence-electron chi connectivity index (χ0n) is 13.7. The van der Waals surface area contributed by atoms with E-state index in [1.807, 2.05) is 6.07 Å². The SMILES string of the molecule is CCC(C(N)c1ccccc1)N(CCOC)C(C)C1CC1. The largest absolute Gasteiger partial charge is 0.383 e. The van der Waals surface area contributed by atoms with E-state index in [9.17, 15) is 0 Å². The molecule has 1 fully saturated rings. The lowest BCUT2D eigenvalue weighted by molar-refractivity contribution is 0.0679. The summed E-state index contributed by atoms with van der Waals surface area (Å²) in [5.74, 6) is 0.846. The Balaban J connectivity index is 2.13. The van der Waals surface area contributed by atoms with Gasteiger partial charge in [-0.05, 0) is 37.7 Å². The van der Waals surface area contributed by atoms with Gasteiger partial charge in [-0.2, -0.15) is 0 Å². The number of nitrogens with zero attached hydrogens (tertiary/aromatic N) is 1. The molecule has 1 aromatic carbocycles. The van der Waals surface area contributed by atoms with Gasteiger partial charge in [0.15, 0.2) is 0 Å². The second-order valence-corrected chi connectivity index (χ2v) is 6.22. The van der Waals surface area contributed by atoms with Gasteiger partial charge in [-0.25, -0.2) is 0 Å². The van der Waals surface area contributed by atoms with Gasteiger partial charge >= 0.3 is 0 Å². The second-order valence-electron chi connectivity index (χ2n) is 6.22. The highest BCUT2D eigenvalue weighted by atomic mass is 16.5. The quantitative estimate of drug-likeness (QED) is 0.759. The van der Waals surface area contributed by atoms with Crippen molar-refractivity contribution < 1.29 is 4.74 Å². The van der Waals surface area contributed by atoms with Crippen LogP contribution in [-0.4, -0.2) is 37.2 Å². The first-order valence-electron chi connectivity index (χ1n) is 8.24. The predicted octanol–water partition coefficient (Wildman–Crippen LogP) is 3.21. The standard InChI is InChI=1S/C18H30N2O/c1-4-17(18(19)16-8-6-5-7-9-16)20(12-13-21-3)14(2)15-10-11-15/h5-9,14-15,17-18H,4,10-13,19H2,1-3H3. The molecule has 0 amide bonds. The van der Waals surface area contributed by atoms with Crippen molar-refractivity contribution in [1.82, 2.24) is 4.90 Å². The second kappa shape index (κ2) is 7.92.